The highest BCUT2D eigenvalue weighted by atomic mass is 19.3. The number of carboxylic acids is 1. The minimum atomic E-state index is -2.92. The van der Waals surface area contributed by atoms with Crippen LogP contribution in [-0.4, -0.2) is 23.6 Å². The molecule has 20 heavy (non-hydrogen) atoms. The fourth-order valence-electron chi connectivity index (χ4n) is 1.85. The van der Waals surface area contributed by atoms with Crippen LogP contribution in [0.2, 0.25) is 0 Å². The van der Waals surface area contributed by atoms with Crippen LogP contribution in [0.4, 0.5) is 8.78 Å². The largest absolute Gasteiger partial charge is 0.480 e. The van der Waals surface area contributed by atoms with Crippen LogP contribution in [0.1, 0.15) is 18.4 Å². The minimum Gasteiger partial charge on any atom is -0.480 e. The first-order chi connectivity index (χ1) is 9.44. The lowest BCUT2D eigenvalue weighted by Gasteiger charge is -2.11. The first-order valence-electron chi connectivity index (χ1n) is 5.99. The van der Waals surface area contributed by atoms with Crippen molar-refractivity contribution in [1.82, 2.24) is 5.32 Å². The Morgan fingerprint density at radius 1 is 1.40 bits per heavy atom. The van der Waals surface area contributed by atoms with Crippen molar-refractivity contribution in [3.8, 4) is 5.75 Å². The molecule has 0 spiro atoms. The van der Waals surface area contributed by atoms with Gasteiger partial charge in [0, 0.05) is 6.54 Å². The molecule has 0 heterocycles. The van der Waals surface area contributed by atoms with Gasteiger partial charge >= 0.3 is 12.6 Å². The summed E-state index contributed by atoms with van der Waals surface area (Å²) in [7, 11) is 0. The van der Waals surface area contributed by atoms with Crippen LogP contribution < -0.4 is 10.1 Å². The van der Waals surface area contributed by atoms with Gasteiger partial charge in [-0.05, 0) is 30.5 Å². The predicted molar refractivity (Wildman–Crippen MR) is 64.2 cm³/mol. The van der Waals surface area contributed by atoms with Gasteiger partial charge in [-0.1, -0.05) is 12.1 Å². The number of aliphatic carboxylic acids is 1. The van der Waals surface area contributed by atoms with Crippen LogP contribution in [0.15, 0.2) is 24.3 Å². The number of benzene rings is 1. The number of nitrogens with one attached hydrogen (secondary N) is 1. The minimum absolute atomic E-state index is 0.00822. The number of carbonyl (C=O) groups excluding carboxylic acids is 1. The Hall–Kier alpha value is -2.18. The second-order valence-electron chi connectivity index (χ2n) is 4.60. The maximum absolute atomic E-state index is 12.1. The van der Waals surface area contributed by atoms with E-state index in [0.29, 0.717) is 18.4 Å². The Kier molecular flexibility index (Phi) is 3.87. The summed E-state index contributed by atoms with van der Waals surface area (Å²) in [5, 5.41) is 11.5. The summed E-state index contributed by atoms with van der Waals surface area (Å²) in [6, 6.07) is 5.88. The fourth-order valence-corrected chi connectivity index (χ4v) is 1.85. The molecule has 0 bridgehead atoms. The zero-order valence-corrected chi connectivity index (χ0v) is 10.4. The molecule has 1 saturated carbocycles. The van der Waals surface area contributed by atoms with Crippen molar-refractivity contribution in [2.24, 2.45) is 5.41 Å². The standard InChI is InChI=1S/C13H13F2NO4/c14-12(15)20-9-3-1-2-8(6-9)7-16-10(17)13(4-5-13)11(18)19/h1-3,6,12H,4-5,7H2,(H,16,17)(H,18,19). The average Bonchev–Trinajstić information content (AvgIpc) is 3.17. The van der Waals surface area contributed by atoms with Gasteiger partial charge < -0.3 is 15.2 Å². The van der Waals surface area contributed by atoms with E-state index < -0.39 is 23.9 Å². The topological polar surface area (TPSA) is 75.6 Å². The Morgan fingerprint density at radius 2 is 2.10 bits per heavy atom. The number of hydrogen-bond acceptors (Lipinski definition) is 3. The number of rotatable bonds is 6. The van der Waals surface area contributed by atoms with Crippen LogP contribution in [-0.2, 0) is 16.1 Å². The lowest BCUT2D eigenvalue weighted by Crippen LogP contribution is -2.36. The summed E-state index contributed by atoms with van der Waals surface area (Å²) >= 11 is 0. The smallest absolute Gasteiger partial charge is 0.387 e. The van der Waals surface area contributed by atoms with Crippen molar-refractivity contribution < 1.29 is 28.2 Å². The molecular weight excluding hydrogens is 272 g/mol. The van der Waals surface area contributed by atoms with Gasteiger partial charge in [0.2, 0.25) is 5.91 Å². The van der Waals surface area contributed by atoms with Gasteiger partial charge in [0.25, 0.3) is 0 Å². The van der Waals surface area contributed by atoms with Crippen LogP contribution in [0.25, 0.3) is 0 Å². The van der Waals surface area contributed by atoms with Crippen molar-refractivity contribution >= 4 is 11.9 Å². The second-order valence-corrected chi connectivity index (χ2v) is 4.60. The third-order valence-electron chi connectivity index (χ3n) is 3.17. The van der Waals surface area contributed by atoms with E-state index in [1.165, 1.54) is 18.2 Å². The van der Waals surface area contributed by atoms with Crippen molar-refractivity contribution in [2.45, 2.75) is 26.0 Å². The average molecular weight is 285 g/mol. The van der Waals surface area contributed by atoms with Crippen molar-refractivity contribution in [3.63, 3.8) is 0 Å². The molecule has 7 heteroatoms. The molecule has 2 N–H and O–H groups in total. The SMILES string of the molecule is O=C(O)C1(C(=O)NCc2cccc(OC(F)F)c2)CC1. The second kappa shape index (κ2) is 5.44. The van der Waals surface area contributed by atoms with Crippen molar-refractivity contribution in [1.29, 1.82) is 0 Å². The lowest BCUT2D eigenvalue weighted by atomic mass is 10.1. The normalized spacial score (nSPS) is 15.8. The Labute approximate surface area is 113 Å². The molecular formula is C13H13F2NO4. The fraction of sp³-hybridized carbons (Fsp3) is 0.385. The summed E-state index contributed by atoms with van der Waals surface area (Å²) in [6.07, 6.45) is 0.644. The Balaban J connectivity index is 1.94. The van der Waals surface area contributed by atoms with Gasteiger partial charge in [-0.15, -0.1) is 0 Å². The Morgan fingerprint density at radius 3 is 2.65 bits per heavy atom. The van der Waals surface area contributed by atoms with E-state index in [1.54, 1.807) is 6.07 Å². The zero-order valence-electron chi connectivity index (χ0n) is 10.4. The third-order valence-corrected chi connectivity index (χ3v) is 3.17. The molecule has 1 aliphatic carbocycles. The molecule has 1 amide bonds. The molecule has 1 aromatic rings. The summed E-state index contributed by atoms with van der Waals surface area (Å²) in [5.41, 5.74) is -0.755. The maximum Gasteiger partial charge on any atom is 0.387 e. The Bertz CT molecular complexity index is 529. The molecule has 1 aliphatic rings. The van der Waals surface area contributed by atoms with Crippen LogP contribution in [0.5, 0.6) is 5.75 Å². The number of carboxylic acid groups (broad SMARTS) is 1. The molecule has 0 aromatic heterocycles. The van der Waals surface area contributed by atoms with E-state index in [2.05, 4.69) is 10.1 Å². The highest BCUT2D eigenvalue weighted by molar-refractivity contribution is 6.04. The van der Waals surface area contributed by atoms with Crippen LogP contribution in [0, 0.1) is 5.41 Å². The summed E-state index contributed by atoms with van der Waals surface area (Å²) in [4.78, 5) is 22.7. The molecule has 0 aliphatic heterocycles. The molecule has 108 valence electrons. The lowest BCUT2D eigenvalue weighted by molar-refractivity contribution is -0.149. The number of carbonyl (C=O) groups is 2. The molecule has 0 saturated heterocycles. The van der Waals surface area contributed by atoms with E-state index in [1.807, 2.05) is 0 Å². The number of hydrogen-bond donors (Lipinski definition) is 2. The van der Waals surface area contributed by atoms with Gasteiger partial charge in [-0.25, -0.2) is 0 Å². The highest BCUT2D eigenvalue weighted by Gasteiger charge is 2.56. The molecule has 1 fully saturated rings. The number of ether oxygens (including phenoxy) is 1. The van der Waals surface area contributed by atoms with Gasteiger partial charge in [0.15, 0.2) is 0 Å². The molecule has 1 aromatic carbocycles. The van der Waals surface area contributed by atoms with Gasteiger partial charge in [-0.2, -0.15) is 8.78 Å². The molecule has 2 rings (SSSR count). The molecule has 5 nitrogen and oxygen atoms in total. The third kappa shape index (κ3) is 3.04. The van der Waals surface area contributed by atoms with Crippen LogP contribution in [0.3, 0.4) is 0 Å². The predicted octanol–water partition coefficient (Wildman–Crippen LogP) is 1.77. The summed E-state index contributed by atoms with van der Waals surface area (Å²) in [6.45, 7) is -2.85. The van der Waals surface area contributed by atoms with Gasteiger partial charge in [0.05, 0.1) is 0 Å². The van der Waals surface area contributed by atoms with E-state index in [9.17, 15) is 18.4 Å². The van der Waals surface area contributed by atoms with Gasteiger partial charge in [0.1, 0.15) is 11.2 Å². The maximum atomic E-state index is 12.1. The van der Waals surface area contributed by atoms with Crippen LogP contribution >= 0.6 is 0 Å². The number of halogens is 2. The molecule has 0 radical (unpaired) electrons. The van der Waals surface area contributed by atoms with Crippen molar-refractivity contribution in [2.75, 3.05) is 0 Å². The highest BCUT2D eigenvalue weighted by Crippen LogP contribution is 2.46. The molecule has 0 atom stereocenters. The summed E-state index contributed by atoms with van der Waals surface area (Å²) in [5.74, 6) is -1.69. The first-order valence-corrected chi connectivity index (χ1v) is 5.99. The van der Waals surface area contributed by atoms with Gasteiger partial charge in [-0.3, -0.25) is 9.59 Å². The number of alkyl halides is 2. The van der Waals surface area contributed by atoms with Crippen molar-refractivity contribution in [3.05, 3.63) is 29.8 Å². The van der Waals surface area contributed by atoms with E-state index >= 15 is 0 Å². The molecule has 0 unspecified atom stereocenters. The summed E-state index contributed by atoms with van der Waals surface area (Å²) < 4.78 is 28.4. The zero-order chi connectivity index (χ0) is 14.8. The first kappa shape index (κ1) is 14.2. The van der Waals surface area contributed by atoms with E-state index in [-0.39, 0.29) is 12.3 Å². The van der Waals surface area contributed by atoms with E-state index in [0.717, 1.165) is 0 Å². The quantitative estimate of drug-likeness (QED) is 0.781. The monoisotopic (exact) mass is 285 g/mol. The van der Waals surface area contributed by atoms with E-state index in [4.69, 9.17) is 5.11 Å². The number of amides is 1.